The molecule has 1 aliphatic rings. The summed E-state index contributed by atoms with van der Waals surface area (Å²) in [6.45, 7) is 1.48. The van der Waals surface area contributed by atoms with Crippen molar-refractivity contribution in [2.24, 2.45) is 0 Å². The van der Waals surface area contributed by atoms with E-state index in [2.05, 4.69) is 20.2 Å². The Morgan fingerprint density at radius 2 is 2.11 bits per heavy atom. The zero-order chi connectivity index (χ0) is 13.2. The Morgan fingerprint density at radius 3 is 2.72 bits per heavy atom. The first-order valence-corrected chi connectivity index (χ1v) is 6.99. The molecule has 2 heterocycles. The second-order valence-electron chi connectivity index (χ2n) is 4.06. The molecule has 0 aromatic carbocycles. The highest BCUT2D eigenvalue weighted by Gasteiger charge is 2.27. The van der Waals surface area contributed by atoms with E-state index in [4.69, 9.17) is 5.11 Å². The number of rotatable bonds is 4. The smallest absolute Gasteiger partial charge is 0.340 e. The average Bonchev–Trinajstić information content (AvgIpc) is 2.79. The van der Waals surface area contributed by atoms with E-state index in [-0.39, 0.29) is 11.6 Å². The molecule has 1 aromatic rings. The largest absolute Gasteiger partial charge is 0.478 e. The van der Waals surface area contributed by atoms with Gasteiger partial charge < -0.3 is 10.4 Å². The van der Waals surface area contributed by atoms with Gasteiger partial charge in [0.15, 0.2) is 5.03 Å². The number of carbonyl (C=O) groups is 1. The van der Waals surface area contributed by atoms with E-state index in [1.807, 2.05) is 0 Å². The molecule has 1 saturated heterocycles. The molecular formula is C9H14N4O4S. The van der Waals surface area contributed by atoms with Gasteiger partial charge in [-0.3, -0.25) is 5.10 Å². The highest BCUT2D eigenvalue weighted by atomic mass is 32.2. The summed E-state index contributed by atoms with van der Waals surface area (Å²) in [5.74, 6) is -1.32. The fourth-order valence-electron chi connectivity index (χ4n) is 1.85. The maximum Gasteiger partial charge on any atom is 0.340 e. The van der Waals surface area contributed by atoms with Crippen LogP contribution in [0.5, 0.6) is 0 Å². The maximum absolute atomic E-state index is 12.0. The number of sulfonamides is 1. The molecule has 4 N–H and O–H groups in total. The molecule has 0 aliphatic carbocycles. The molecule has 0 atom stereocenters. The van der Waals surface area contributed by atoms with Crippen LogP contribution in [0.1, 0.15) is 23.2 Å². The lowest BCUT2D eigenvalue weighted by atomic mass is 10.1. The molecule has 1 fully saturated rings. The highest BCUT2D eigenvalue weighted by Crippen LogP contribution is 2.14. The molecule has 1 aliphatic heterocycles. The van der Waals surface area contributed by atoms with E-state index in [1.54, 1.807) is 0 Å². The molecule has 100 valence electrons. The van der Waals surface area contributed by atoms with Gasteiger partial charge in [0.1, 0.15) is 5.56 Å². The van der Waals surface area contributed by atoms with Crippen LogP contribution < -0.4 is 10.0 Å². The predicted octanol–water partition coefficient (Wildman–Crippen LogP) is -0.862. The summed E-state index contributed by atoms with van der Waals surface area (Å²) < 4.78 is 26.5. The first-order valence-electron chi connectivity index (χ1n) is 5.50. The van der Waals surface area contributed by atoms with Crippen molar-refractivity contribution in [3.8, 4) is 0 Å². The summed E-state index contributed by atoms with van der Waals surface area (Å²) in [5.41, 5.74) is -0.351. The van der Waals surface area contributed by atoms with Crippen LogP contribution in [-0.2, 0) is 10.0 Å². The molecule has 2 rings (SSSR count). The van der Waals surface area contributed by atoms with Crippen molar-refractivity contribution in [3.63, 3.8) is 0 Å². The van der Waals surface area contributed by atoms with Crippen molar-refractivity contribution < 1.29 is 18.3 Å². The number of aromatic amines is 1. The minimum atomic E-state index is -3.87. The first kappa shape index (κ1) is 13.0. The first-order chi connectivity index (χ1) is 8.50. The molecule has 0 spiro atoms. The predicted molar refractivity (Wildman–Crippen MR) is 61.8 cm³/mol. The van der Waals surface area contributed by atoms with E-state index in [0.29, 0.717) is 12.8 Å². The second-order valence-corrected chi connectivity index (χ2v) is 5.71. The number of nitrogens with one attached hydrogen (secondary N) is 3. The van der Waals surface area contributed by atoms with Crippen LogP contribution in [0.3, 0.4) is 0 Å². The number of piperidine rings is 1. The number of carboxylic acid groups (broad SMARTS) is 1. The number of aromatic carboxylic acids is 1. The van der Waals surface area contributed by atoms with Crippen molar-refractivity contribution in [2.45, 2.75) is 23.9 Å². The Morgan fingerprint density at radius 1 is 1.44 bits per heavy atom. The van der Waals surface area contributed by atoms with Crippen LogP contribution >= 0.6 is 0 Å². The third-order valence-corrected chi connectivity index (χ3v) is 4.26. The van der Waals surface area contributed by atoms with Gasteiger partial charge in [-0.15, -0.1) is 0 Å². The van der Waals surface area contributed by atoms with Crippen LogP contribution in [0.25, 0.3) is 0 Å². The van der Waals surface area contributed by atoms with Crippen LogP contribution in [0.2, 0.25) is 0 Å². The Labute approximate surface area is 104 Å². The van der Waals surface area contributed by atoms with Gasteiger partial charge in [0.05, 0.1) is 6.20 Å². The van der Waals surface area contributed by atoms with Crippen molar-refractivity contribution in [1.82, 2.24) is 20.2 Å². The second kappa shape index (κ2) is 5.04. The Balaban J connectivity index is 2.19. The van der Waals surface area contributed by atoms with Crippen molar-refractivity contribution in [2.75, 3.05) is 13.1 Å². The van der Waals surface area contributed by atoms with Crippen LogP contribution in [0, 0.1) is 0 Å². The number of nitrogens with zero attached hydrogens (tertiary/aromatic N) is 1. The molecule has 0 bridgehead atoms. The van der Waals surface area contributed by atoms with Gasteiger partial charge >= 0.3 is 5.97 Å². The lowest BCUT2D eigenvalue weighted by Gasteiger charge is -2.23. The summed E-state index contributed by atoms with van der Waals surface area (Å²) in [4.78, 5) is 10.9. The third-order valence-electron chi connectivity index (χ3n) is 2.76. The van der Waals surface area contributed by atoms with Gasteiger partial charge in [0.25, 0.3) is 10.0 Å². The topological polar surface area (TPSA) is 124 Å². The number of aromatic nitrogens is 2. The normalized spacial score (nSPS) is 17.8. The summed E-state index contributed by atoms with van der Waals surface area (Å²) in [7, 11) is -3.87. The molecule has 0 amide bonds. The summed E-state index contributed by atoms with van der Waals surface area (Å²) in [6.07, 6.45) is 2.34. The standard InChI is InChI=1S/C9H14N4O4S/c14-9(15)7-5-11-12-8(7)18(16,17)13-6-1-3-10-4-2-6/h5-6,10,13H,1-4H2,(H,11,12)(H,14,15). The molecule has 0 unspecified atom stereocenters. The lowest BCUT2D eigenvalue weighted by Crippen LogP contribution is -2.43. The Hall–Kier alpha value is -1.45. The van der Waals surface area contributed by atoms with E-state index in [0.717, 1.165) is 19.3 Å². The van der Waals surface area contributed by atoms with E-state index < -0.39 is 21.0 Å². The van der Waals surface area contributed by atoms with E-state index >= 15 is 0 Å². The molecule has 9 heteroatoms. The van der Waals surface area contributed by atoms with Gasteiger partial charge in [0, 0.05) is 6.04 Å². The molecule has 18 heavy (non-hydrogen) atoms. The van der Waals surface area contributed by atoms with E-state index in [9.17, 15) is 13.2 Å². The molecule has 8 nitrogen and oxygen atoms in total. The Bertz CT molecular complexity index is 533. The maximum atomic E-state index is 12.0. The molecule has 0 radical (unpaired) electrons. The fraction of sp³-hybridized carbons (Fsp3) is 0.556. The minimum Gasteiger partial charge on any atom is -0.478 e. The van der Waals surface area contributed by atoms with Crippen molar-refractivity contribution in [3.05, 3.63) is 11.8 Å². The zero-order valence-electron chi connectivity index (χ0n) is 9.51. The zero-order valence-corrected chi connectivity index (χ0v) is 10.3. The molecule has 0 saturated carbocycles. The van der Waals surface area contributed by atoms with Crippen molar-refractivity contribution in [1.29, 1.82) is 0 Å². The lowest BCUT2D eigenvalue weighted by molar-refractivity contribution is 0.0692. The highest BCUT2D eigenvalue weighted by molar-refractivity contribution is 7.89. The quantitative estimate of drug-likeness (QED) is 0.566. The number of hydrogen-bond donors (Lipinski definition) is 4. The fourth-order valence-corrected chi connectivity index (χ4v) is 3.24. The van der Waals surface area contributed by atoms with Crippen molar-refractivity contribution >= 4 is 16.0 Å². The summed E-state index contributed by atoms with van der Waals surface area (Å²) in [5, 5.41) is 17.3. The number of H-pyrrole nitrogens is 1. The number of hydrogen-bond acceptors (Lipinski definition) is 5. The minimum absolute atomic E-state index is 0.179. The summed E-state index contributed by atoms with van der Waals surface area (Å²) in [6, 6.07) is -0.179. The SMILES string of the molecule is O=C(O)c1cn[nH]c1S(=O)(=O)NC1CCNCC1. The summed E-state index contributed by atoms with van der Waals surface area (Å²) >= 11 is 0. The number of carboxylic acids is 1. The molecule has 1 aromatic heterocycles. The van der Waals surface area contributed by atoms with Crippen LogP contribution in [-0.4, -0.2) is 48.8 Å². The molecular weight excluding hydrogens is 260 g/mol. The van der Waals surface area contributed by atoms with E-state index in [1.165, 1.54) is 0 Å². The van der Waals surface area contributed by atoms with Gasteiger partial charge in [0.2, 0.25) is 0 Å². The van der Waals surface area contributed by atoms with Crippen LogP contribution in [0.4, 0.5) is 0 Å². The van der Waals surface area contributed by atoms with Gasteiger partial charge in [-0.2, -0.15) is 5.10 Å². The van der Waals surface area contributed by atoms with Gasteiger partial charge in [-0.1, -0.05) is 0 Å². The Kier molecular flexibility index (Phi) is 3.64. The van der Waals surface area contributed by atoms with Crippen LogP contribution in [0.15, 0.2) is 11.2 Å². The van der Waals surface area contributed by atoms with Gasteiger partial charge in [-0.25, -0.2) is 17.9 Å². The van der Waals surface area contributed by atoms with Gasteiger partial charge in [-0.05, 0) is 25.9 Å². The average molecular weight is 274 g/mol. The monoisotopic (exact) mass is 274 g/mol. The third kappa shape index (κ3) is 2.68.